The van der Waals surface area contributed by atoms with Gasteiger partial charge in [0.1, 0.15) is 35.6 Å². The largest absolute Gasteiger partial charge is 0.489 e. The number of benzene rings is 4. The topological polar surface area (TPSA) is 9.23 Å². The third kappa shape index (κ3) is 5.29. The third-order valence-electron chi connectivity index (χ3n) is 5.10. The molecule has 0 aliphatic heterocycles. The van der Waals surface area contributed by atoms with E-state index in [0.717, 1.165) is 30.3 Å². The summed E-state index contributed by atoms with van der Waals surface area (Å²) in [6, 6.07) is 8.07. The van der Waals surface area contributed by atoms with Gasteiger partial charge in [0.2, 0.25) is 0 Å². The molecule has 1 nitrogen and oxygen atoms in total. The number of halogens is 7. The maximum Gasteiger partial charge on any atom is 0.195 e. The van der Waals surface area contributed by atoms with E-state index < -0.39 is 51.8 Å². The van der Waals surface area contributed by atoms with Crippen molar-refractivity contribution in [1.29, 1.82) is 0 Å². The molecule has 0 bridgehead atoms. The van der Waals surface area contributed by atoms with Crippen molar-refractivity contribution in [3.8, 4) is 29.4 Å². The van der Waals surface area contributed by atoms with Crippen molar-refractivity contribution in [2.24, 2.45) is 0 Å². The Morgan fingerprint density at radius 2 is 1.24 bits per heavy atom. The van der Waals surface area contributed by atoms with Gasteiger partial charge in [-0.05, 0) is 24.3 Å². The van der Waals surface area contributed by atoms with Crippen LogP contribution in [0.25, 0.3) is 10.8 Å². The van der Waals surface area contributed by atoms with Crippen molar-refractivity contribution < 1.29 is 35.5 Å². The summed E-state index contributed by atoms with van der Waals surface area (Å²) in [4.78, 5) is 0. The average molecular weight is 510 g/mol. The maximum absolute atomic E-state index is 14.6. The van der Waals surface area contributed by atoms with Crippen LogP contribution in [0.5, 0.6) is 5.75 Å². The lowest BCUT2D eigenvalue weighted by atomic mass is 10.0. The molecule has 0 aliphatic carbocycles. The minimum absolute atomic E-state index is 0.00411. The predicted octanol–water partition coefficient (Wildman–Crippen LogP) is 7.18. The lowest BCUT2D eigenvalue weighted by Crippen LogP contribution is -1.97. The van der Waals surface area contributed by atoms with Gasteiger partial charge in [-0.15, -0.1) is 0 Å². The summed E-state index contributed by atoms with van der Waals surface area (Å²) < 4.78 is 104. The molecule has 0 spiro atoms. The fraction of sp³-hybridized carbons (Fsp3) is 0.0345. The van der Waals surface area contributed by atoms with E-state index in [4.69, 9.17) is 4.74 Å². The molecule has 0 saturated carbocycles. The molecule has 37 heavy (non-hydrogen) atoms. The number of ether oxygens (including phenoxy) is 1. The van der Waals surface area contributed by atoms with Crippen LogP contribution in [0.4, 0.5) is 30.7 Å². The Balaban J connectivity index is 1.67. The Morgan fingerprint density at radius 3 is 1.86 bits per heavy atom. The van der Waals surface area contributed by atoms with Crippen molar-refractivity contribution in [2.45, 2.75) is 0 Å². The van der Waals surface area contributed by atoms with Gasteiger partial charge in [-0.3, -0.25) is 0 Å². The van der Waals surface area contributed by atoms with Gasteiger partial charge >= 0.3 is 0 Å². The first-order valence-electron chi connectivity index (χ1n) is 10.5. The zero-order valence-electron chi connectivity index (χ0n) is 18.7. The van der Waals surface area contributed by atoms with Crippen LogP contribution in [-0.4, -0.2) is 6.61 Å². The molecule has 0 atom stereocenters. The van der Waals surface area contributed by atoms with Gasteiger partial charge in [-0.1, -0.05) is 48.5 Å². The summed E-state index contributed by atoms with van der Waals surface area (Å²) in [6.07, 6.45) is 1.39. The van der Waals surface area contributed by atoms with Crippen LogP contribution in [0.3, 0.4) is 0 Å². The van der Waals surface area contributed by atoms with E-state index in [1.807, 2.05) is 0 Å². The molecule has 0 aliphatic rings. The first kappa shape index (κ1) is 25.4. The molecule has 0 aromatic heterocycles. The molecule has 184 valence electrons. The van der Waals surface area contributed by atoms with Crippen LogP contribution < -0.4 is 4.74 Å². The highest BCUT2D eigenvalue weighted by atomic mass is 19.2. The quantitative estimate of drug-likeness (QED) is 0.123. The molecule has 0 radical (unpaired) electrons. The molecule has 0 N–H and O–H groups in total. The molecule has 4 aromatic rings. The van der Waals surface area contributed by atoms with Crippen molar-refractivity contribution in [3.05, 3.63) is 124 Å². The summed E-state index contributed by atoms with van der Waals surface area (Å²) in [5, 5.41) is -0.336. The van der Waals surface area contributed by atoms with Crippen molar-refractivity contribution in [2.75, 3.05) is 6.61 Å². The molecule has 0 heterocycles. The normalized spacial score (nSPS) is 10.4. The van der Waals surface area contributed by atoms with Crippen LogP contribution in [0.2, 0.25) is 0 Å². The zero-order chi connectivity index (χ0) is 26.7. The summed E-state index contributed by atoms with van der Waals surface area (Å²) in [5.74, 6) is 0.286. The van der Waals surface area contributed by atoms with Crippen LogP contribution in [0.1, 0.15) is 22.3 Å². The number of fused-ring (bicyclic) bond motifs is 1. The fourth-order valence-electron chi connectivity index (χ4n) is 3.37. The van der Waals surface area contributed by atoms with Gasteiger partial charge in [0.25, 0.3) is 0 Å². The van der Waals surface area contributed by atoms with Gasteiger partial charge in [-0.25, -0.2) is 30.7 Å². The first-order chi connectivity index (χ1) is 17.7. The van der Waals surface area contributed by atoms with Crippen molar-refractivity contribution in [1.82, 2.24) is 0 Å². The van der Waals surface area contributed by atoms with Crippen molar-refractivity contribution in [3.63, 3.8) is 0 Å². The van der Waals surface area contributed by atoms with E-state index in [1.54, 1.807) is 0 Å². The predicted molar refractivity (Wildman–Crippen MR) is 124 cm³/mol. The van der Waals surface area contributed by atoms with E-state index in [9.17, 15) is 30.7 Å². The molecular weight excluding hydrogens is 497 g/mol. The summed E-state index contributed by atoms with van der Waals surface area (Å²) >= 11 is 0. The summed E-state index contributed by atoms with van der Waals surface area (Å²) in [6.45, 7) is 3.46. The minimum atomic E-state index is -1.65. The third-order valence-corrected chi connectivity index (χ3v) is 5.10. The van der Waals surface area contributed by atoms with Gasteiger partial charge in [0.15, 0.2) is 17.5 Å². The standard InChI is InChI=1S/C29H13F7O/c1-2-10-37-18-13-25(32)20(26(33)14-18)8-6-16-11-23(30)21(24(31)12-16)9-7-17-4-3-5-19-22(17)15-27(34)29(36)28(19)35/h2-5,11-15H,1,10H2. The van der Waals surface area contributed by atoms with E-state index in [2.05, 4.69) is 30.3 Å². The molecular formula is C29H13F7O. The second-order valence-electron chi connectivity index (χ2n) is 7.56. The van der Waals surface area contributed by atoms with E-state index in [1.165, 1.54) is 24.3 Å². The van der Waals surface area contributed by atoms with E-state index >= 15 is 0 Å². The first-order valence-corrected chi connectivity index (χ1v) is 10.5. The van der Waals surface area contributed by atoms with Crippen LogP contribution >= 0.6 is 0 Å². The Hall–Kier alpha value is -4.69. The number of hydrogen-bond acceptors (Lipinski definition) is 1. The van der Waals surface area contributed by atoms with Crippen molar-refractivity contribution >= 4 is 10.8 Å². The summed E-state index contributed by atoms with van der Waals surface area (Å²) in [5.41, 5.74) is -1.52. The second-order valence-corrected chi connectivity index (χ2v) is 7.56. The van der Waals surface area contributed by atoms with Gasteiger partial charge in [0, 0.05) is 34.0 Å². The average Bonchev–Trinajstić information content (AvgIpc) is 2.85. The van der Waals surface area contributed by atoms with Gasteiger partial charge in [-0.2, -0.15) is 0 Å². The van der Waals surface area contributed by atoms with Crippen LogP contribution in [-0.2, 0) is 0 Å². The highest BCUT2D eigenvalue weighted by molar-refractivity contribution is 5.89. The summed E-state index contributed by atoms with van der Waals surface area (Å²) in [7, 11) is 0. The Bertz CT molecular complexity index is 1640. The second kappa shape index (κ2) is 10.5. The van der Waals surface area contributed by atoms with Crippen LogP contribution in [0.15, 0.2) is 61.2 Å². The molecule has 0 unspecified atom stereocenters. The Labute approximate surface area is 206 Å². The highest BCUT2D eigenvalue weighted by Gasteiger charge is 2.15. The molecule has 4 aromatic carbocycles. The van der Waals surface area contributed by atoms with Crippen LogP contribution in [0, 0.1) is 64.4 Å². The molecule has 0 saturated heterocycles. The van der Waals surface area contributed by atoms with Gasteiger partial charge < -0.3 is 4.74 Å². The Morgan fingerprint density at radius 1 is 0.649 bits per heavy atom. The maximum atomic E-state index is 14.6. The minimum Gasteiger partial charge on any atom is -0.489 e. The Kier molecular flexibility index (Phi) is 7.22. The van der Waals surface area contributed by atoms with E-state index in [0.29, 0.717) is 0 Å². The molecule has 0 amide bonds. The molecule has 8 heteroatoms. The smallest absolute Gasteiger partial charge is 0.195 e. The zero-order valence-corrected chi connectivity index (χ0v) is 18.7. The fourth-order valence-corrected chi connectivity index (χ4v) is 3.37. The lowest BCUT2D eigenvalue weighted by molar-refractivity contribution is 0.358. The lowest BCUT2D eigenvalue weighted by Gasteiger charge is -2.05. The van der Waals surface area contributed by atoms with E-state index in [-0.39, 0.29) is 34.3 Å². The molecule has 4 rings (SSSR count). The number of rotatable bonds is 3. The number of hydrogen-bond donors (Lipinski definition) is 0. The SMILES string of the molecule is C=CCOc1cc(F)c(C#Cc2cc(F)c(C#Cc3cccc4c(F)c(F)c(F)cc34)c(F)c2)c(F)c1. The van der Waals surface area contributed by atoms with Gasteiger partial charge in [0.05, 0.1) is 11.1 Å². The monoisotopic (exact) mass is 510 g/mol. The molecule has 0 fully saturated rings. The highest BCUT2D eigenvalue weighted by Crippen LogP contribution is 2.26.